The molecule has 3 aromatic heterocycles. The van der Waals surface area contributed by atoms with E-state index in [1.54, 1.807) is 6.20 Å². The van der Waals surface area contributed by atoms with Gasteiger partial charge in [0.2, 0.25) is 0 Å². The third-order valence-electron chi connectivity index (χ3n) is 5.67. The molecule has 0 saturated heterocycles. The normalized spacial score (nSPS) is 11.9. The summed E-state index contributed by atoms with van der Waals surface area (Å²) in [6.45, 7) is 1.61. The van der Waals surface area contributed by atoms with Crippen LogP contribution >= 0.6 is 0 Å². The van der Waals surface area contributed by atoms with Crippen LogP contribution in [0.5, 0.6) is 0 Å². The van der Waals surface area contributed by atoms with Crippen LogP contribution in [0.25, 0.3) is 33.4 Å². The van der Waals surface area contributed by atoms with Crippen molar-refractivity contribution in [1.29, 1.82) is 0 Å². The van der Waals surface area contributed by atoms with E-state index in [2.05, 4.69) is 4.98 Å². The third-order valence-corrected chi connectivity index (χ3v) is 7.16. The monoisotopic (exact) mass is 525 g/mol. The van der Waals surface area contributed by atoms with Gasteiger partial charge in [-0.2, -0.15) is 0 Å². The summed E-state index contributed by atoms with van der Waals surface area (Å²) >= 11 is 0. The number of rotatable bonds is 11. The molecule has 0 aliphatic heterocycles. The number of nitrogens with zero attached hydrogens (tertiary/aromatic N) is 4. The summed E-state index contributed by atoms with van der Waals surface area (Å²) in [5.41, 5.74) is 5.37. The Kier molecular flexibility index (Phi) is 8.61. The molecule has 3 heterocycles. The number of pyridine rings is 2. The maximum atomic E-state index is 9.13. The van der Waals surface area contributed by atoms with E-state index in [1.807, 2.05) is 76.4 Å². The minimum atomic E-state index is -3.99. The lowest BCUT2D eigenvalue weighted by molar-refractivity contribution is -0.697. The largest absolute Gasteiger partial charge is 0.571 e. The summed E-state index contributed by atoms with van der Waals surface area (Å²) in [6, 6.07) is 13.9. The van der Waals surface area contributed by atoms with Gasteiger partial charge in [0.25, 0.3) is 0 Å². The number of fused-ring (bicyclic) bond motifs is 1. The highest BCUT2D eigenvalue weighted by atomic mass is 28.4. The molecular weight excluding hydrogens is 496 g/mol. The van der Waals surface area contributed by atoms with Crippen molar-refractivity contribution in [3.8, 4) is 22.4 Å². The maximum Gasteiger partial charge on any atom is 0.571 e. The summed E-state index contributed by atoms with van der Waals surface area (Å²) < 4.78 is 8.77. The number of hydrogen-bond donors (Lipinski definition) is 5. The topological polar surface area (TPSA) is 144 Å². The summed E-state index contributed by atoms with van der Waals surface area (Å²) in [6.07, 6.45) is 10.7. The van der Waals surface area contributed by atoms with Gasteiger partial charge in [-0.15, -0.1) is 0 Å². The predicted octanol–water partition coefficient (Wildman–Crippen LogP) is 0.221. The highest BCUT2D eigenvalue weighted by Crippen LogP contribution is 2.24. The van der Waals surface area contributed by atoms with Crippen molar-refractivity contribution in [3.05, 3.63) is 73.4 Å². The van der Waals surface area contributed by atoms with E-state index in [9.17, 15) is 0 Å². The molecule has 1 aromatic carbocycles. The van der Waals surface area contributed by atoms with Gasteiger partial charge >= 0.3 is 18.3 Å². The van der Waals surface area contributed by atoms with Gasteiger partial charge in [0, 0.05) is 55.3 Å². The van der Waals surface area contributed by atoms with E-state index in [0.717, 1.165) is 40.0 Å². The lowest BCUT2D eigenvalue weighted by Crippen LogP contribution is -2.38. The van der Waals surface area contributed by atoms with Crippen molar-refractivity contribution in [2.24, 2.45) is 0 Å². The fraction of sp³-hybridized carbons (Fsp3) is 0.250. The molecule has 1 radical (unpaired) electrons. The van der Waals surface area contributed by atoms with Crippen LogP contribution in [-0.2, 0) is 17.5 Å². The Hall–Kier alpha value is -2.95. The fourth-order valence-corrected chi connectivity index (χ4v) is 4.77. The second kappa shape index (κ2) is 11.9. The summed E-state index contributed by atoms with van der Waals surface area (Å²) in [4.78, 5) is 54.4. The van der Waals surface area contributed by atoms with Gasteiger partial charge in [0.05, 0.1) is 22.9 Å². The van der Waals surface area contributed by atoms with Crippen LogP contribution in [0.15, 0.2) is 73.4 Å². The third kappa shape index (κ3) is 7.52. The van der Waals surface area contributed by atoms with E-state index in [4.69, 9.17) is 33.4 Å². The molecule has 12 heteroatoms. The Bertz CT molecular complexity index is 1280. The molecule has 4 aromatic rings. The zero-order valence-electron chi connectivity index (χ0n) is 19.6. The standard InChI is InChI=1S/C24H29N4O6Si2/c29-35(30)34-15-1-9-27-11-5-19(6-12-27)21-3-4-22-23(17-21)25-18-24(26-22)20-7-13-28(14-8-20)10-2-16-36(31,32)33/h3-8,11-14,17-18,29-33H,1-2,9-10,15-16H2/q+2. The van der Waals surface area contributed by atoms with Crippen LogP contribution < -0.4 is 9.13 Å². The zero-order valence-corrected chi connectivity index (χ0v) is 21.6. The van der Waals surface area contributed by atoms with Gasteiger partial charge in [0.1, 0.15) is 6.54 Å². The van der Waals surface area contributed by atoms with E-state index in [0.29, 0.717) is 26.0 Å². The van der Waals surface area contributed by atoms with Gasteiger partial charge in [-0.05, 0) is 23.3 Å². The predicted molar refractivity (Wildman–Crippen MR) is 133 cm³/mol. The zero-order chi connectivity index (χ0) is 25.5. The molecule has 4 rings (SSSR count). The van der Waals surface area contributed by atoms with E-state index >= 15 is 0 Å². The smallest absolute Gasteiger partial charge is 0.390 e. The van der Waals surface area contributed by atoms with Gasteiger partial charge < -0.3 is 28.4 Å². The highest BCUT2D eigenvalue weighted by Gasteiger charge is 2.26. The Morgan fingerprint density at radius 3 is 2.06 bits per heavy atom. The minimum Gasteiger partial charge on any atom is -0.390 e. The molecule has 0 saturated carbocycles. The molecule has 5 N–H and O–H groups in total. The van der Waals surface area contributed by atoms with Crippen LogP contribution in [0.2, 0.25) is 6.04 Å². The first-order chi connectivity index (χ1) is 17.3. The molecule has 187 valence electrons. The highest BCUT2D eigenvalue weighted by molar-refractivity contribution is 6.56. The summed E-state index contributed by atoms with van der Waals surface area (Å²) in [5.74, 6) is 0. The van der Waals surface area contributed by atoms with Crippen LogP contribution in [0.3, 0.4) is 0 Å². The molecule has 0 atom stereocenters. The van der Waals surface area contributed by atoms with Gasteiger partial charge in [0.15, 0.2) is 31.3 Å². The SMILES string of the molecule is O[Si](O)OCCC[n+]1ccc(-c2ccc3nc(-c4cc[n+](CCC[Si](O)(O)O)cc4)cnc3c2)cc1. The first-order valence-corrected chi connectivity index (χ1v) is 14.9. The summed E-state index contributed by atoms with van der Waals surface area (Å²) in [7, 11) is -6.61. The Morgan fingerprint density at radius 2 is 1.42 bits per heavy atom. The molecular formula is C24H29N4O6Si2+2. The molecule has 0 spiro atoms. The quantitative estimate of drug-likeness (QED) is 0.106. The molecule has 0 fully saturated rings. The first kappa shape index (κ1) is 26.1. The van der Waals surface area contributed by atoms with Crippen LogP contribution in [0, 0.1) is 0 Å². The molecule has 0 aliphatic rings. The van der Waals surface area contributed by atoms with Gasteiger partial charge in [-0.3, -0.25) is 4.98 Å². The first-order valence-electron chi connectivity index (χ1n) is 11.6. The lowest BCUT2D eigenvalue weighted by Gasteiger charge is -2.07. The molecule has 0 bridgehead atoms. The maximum absolute atomic E-state index is 9.13. The number of aryl methyl sites for hydroxylation is 2. The average molecular weight is 526 g/mol. The van der Waals surface area contributed by atoms with Crippen LogP contribution in [0.1, 0.15) is 12.8 Å². The molecule has 0 amide bonds. The summed E-state index contributed by atoms with van der Waals surface area (Å²) in [5, 5.41) is 0. The Morgan fingerprint density at radius 1 is 0.778 bits per heavy atom. The number of hydrogen-bond acceptors (Lipinski definition) is 8. The van der Waals surface area contributed by atoms with Crippen molar-refractivity contribution in [2.45, 2.75) is 32.0 Å². The van der Waals surface area contributed by atoms with Crippen molar-refractivity contribution < 1.29 is 37.5 Å². The van der Waals surface area contributed by atoms with Crippen molar-refractivity contribution in [1.82, 2.24) is 9.97 Å². The number of benzene rings is 1. The van der Waals surface area contributed by atoms with Gasteiger partial charge in [-0.1, -0.05) is 6.07 Å². The molecule has 0 aliphatic carbocycles. The Labute approximate surface area is 211 Å². The van der Waals surface area contributed by atoms with Crippen molar-refractivity contribution in [3.63, 3.8) is 0 Å². The second-order valence-corrected chi connectivity index (χ2v) is 11.4. The van der Waals surface area contributed by atoms with Crippen LogP contribution in [-0.4, -0.2) is 58.9 Å². The minimum absolute atomic E-state index is 0.0103. The molecule has 10 nitrogen and oxygen atoms in total. The van der Waals surface area contributed by atoms with E-state index < -0.39 is 18.3 Å². The van der Waals surface area contributed by atoms with Crippen molar-refractivity contribution >= 4 is 29.4 Å². The average Bonchev–Trinajstić information content (AvgIpc) is 2.86. The molecule has 0 unspecified atom stereocenters. The van der Waals surface area contributed by atoms with Crippen molar-refractivity contribution in [2.75, 3.05) is 6.61 Å². The fourth-order valence-electron chi connectivity index (χ4n) is 3.81. The molecule has 36 heavy (non-hydrogen) atoms. The van der Waals surface area contributed by atoms with Crippen LogP contribution in [0.4, 0.5) is 0 Å². The van der Waals surface area contributed by atoms with E-state index in [-0.39, 0.29) is 6.04 Å². The lowest BCUT2D eigenvalue weighted by atomic mass is 10.1. The Balaban J connectivity index is 1.41. The van der Waals surface area contributed by atoms with E-state index in [1.165, 1.54) is 0 Å². The van der Waals surface area contributed by atoms with Gasteiger partial charge in [-0.25, -0.2) is 14.1 Å². The number of aromatic nitrogens is 4. The second-order valence-electron chi connectivity index (χ2n) is 8.47.